The van der Waals surface area contributed by atoms with Gasteiger partial charge in [0.15, 0.2) is 12.4 Å². The zero-order valence-electron chi connectivity index (χ0n) is 14.9. The lowest BCUT2D eigenvalue weighted by molar-refractivity contribution is -0.147. The molecule has 2 aromatic carbocycles. The van der Waals surface area contributed by atoms with Crippen molar-refractivity contribution in [1.29, 1.82) is 0 Å². The number of hydrogen-bond acceptors (Lipinski definition) is 5. The Morgan fingerprint density at radius 2 is 1.82 bits per heavy atom. The van der Waals surface area contributed by atoms with Gasteiger partial charge < -0.3 is 25.8 Å². The van der Waals surface area contributed by atoms with E-state index in [4.69, 9.17) is 26.8 Å². The number of benzene rings is 2. The molecule has 0 aliphatic heterocycles. The molecule has 2 rings (SSSR count). The molecule has 4 N–H and O–H groups in total. The molecule has 28 heavy (non-hydrogen) atoms. The number of primary amides is 1. The van der Waals surface area contributed by atoms with Gasteiger partial charge in [0.05, 0.1) is 5.69 Å². The third-order valence-electron chi connectivity index (χ3n) is 3.41. The zero-order valence-corrected chi connectivity index (χ0v) is 15.7. The molecule has 2 aromatic rings. The number of ether oxygens (including phenoxy) is 2. The second-order valence-electron chi connectivity index (χ2n) is 5.66. The molecule has 0 saturated heterocycles. The number of halogens is 1. The van der Waals surface area contributed by atoms with E-state index in [1.54, 1.807) is 24.3 Å². The van der Waals surface area contributed by atoms with Crippen LogP contribution in [-0.4, -0.2) is 31.1 Å². The van der Waals surface area contributed by atoms with Crippen LogP contribution in [0.1, 0.15) is 12.8 Å². The summed E-state index contributed by atoms with van der Waals surface area (Å²) in [5.74, 6) is -0.110. The highest BCUT2D eigenvalue weighted by atomic mass is 35.5. The number of nitrogens with two attached hydrogens (primary N) is 1. The van der Waals surface area contributed by atoms with Gasteiger partial charge in [0.25, 0.3) is 5.91 Å². The normalized spacial score (nSPS) is 10.0. The quantitative estimate of drug-likeness (QED) is 0.437. The van der Waals surface area contributed by atoms with Gasteiger partial charge in [0.2, 0.25) is 0 Å². The van der Waals surface area contributed by atoms with Crippen molar-refractivity contribution < 1.29 is 23.9 Å². The van der Waals surface area contributed by atoms with Crippen LogP contribution in [0.4, 0.5) is 10.5 Å². The Morgan fingerprint density at radius 3 is 2.54 bits per heavy atom. The van der Waals surface area contributed by atoms with E-state index >= 15 is 0 Å². The van der Waals surface area contributed by atoms with E-state index in [0.717, 1.165) is 0 Å². The Balaban J connectivity index is 1.86. The second-order valence-corrected chi connectivity index (χ2v) is 6.10. The van der Waals surface area contributed by atoms with Crippen molar-refractivity contribution in [2.45, 2.75) is 12.8 Å². The molecule has 0 saturated carbocycles. The summed E-state index contributed by atoms with van der Waals surface area (Å²) in [5.41, 5.74) is 5.26. The number of urea groups is 1. The molecule has 0 atom stereocenters. The lowest BCUT2D eigenvalue weighted by Crippen LogP contribution is -2.30. The molecule has 0 aliphatic carbocycles. The molecular weight excluding hydrogens is 386 g/mol. The molecule has 0 radical (unpaired) electrons. The zero-order chi connectivity index (χ0) is 20.4. The molecule has 8 nitrogen and oxygen atoms in total. The number of carbonyl (C=O) groups is 3. The Hall–Kier alpha value is -3.26. The van der Waals surface area contributed by atoms with Crippen LogP contribution in [0.25, 0.3) is 0 Å². The maximum Gasteiger partial charge on any atom is 0.312 e. The lowest BCUT2D eigenvalue weighted by Gasteiger charge is -2.13. The first-order valence-electron chi connectivity index (χ1n) is 8.45. The molecule has 3 amide bonds. The summed E-state index contributed by atoms with van der Waals surface area (Å²) in [5, 5.41) is 5.38. The van der Waals surface area contributed by atoms with E-state index in [-0.39, 0.29) is 13.0 Å². The number of nitrogens with one attached hydrogen (secondary N) is 2. The average Bonchev–Trinajstić information content (AvgIpc) is 2.66. The first kappa shape index (κ1) is 21.0. The molecular formula is C19H20ClN3O5. The van der Waals surface area contributed by atoms with Crippen LogP contribution in [0.3, 0.4) is 0 Å². The van der Waals surface area contributed by atoms with Gasteiger partial charge in [-0.15, -0.1) is 0 Å². The van der Waals surface area contributed by atoms with E-state index in [0.29, 0.717) is 28.6 Å². The predicted molar refractivity (Wildman–Crippen MR) is 104 cm³/mol. The second kappa shape index (κ2) is 10.8. The van der Waals surface area contributed by atoms with Gasteiger partial charge in [-0.3, -0.25) is 9.59 Å². The molecule has 0 spiro atoms. The van der Waals surface area contributed by atoms with E-state index in [2.05, 4.69) is 10.6 Å². The van der Waals surface area contributed by atoms with Crippen LogP contribution in [0, 0.1) is 0 Å². The summed E-state index contributed by atoms with van der Waals surface area (Å²) in [6.45, 7) is -0.210. The number of rotatable bonds is 9. The van der Waals surface area contributed by atoms with Crippen molar-refractivity contribution in [1.82, 2.24) is 5.32 Å². The molecule has 0 fully saturated rings. The van der Waals surface area contributed by atoms with Gasteiger partial charge in [-0.1, -0.05) is 29.8 Å². The number of anilines is 1. The minimum Gasteiger partial charge on any atom is -0.456 e. The van der Waals surface area contributed by atoms with E-state index in [9.17, 15) is 14.4 Å². The van der Waals surface area contributed by atoms with Crippen LogP contribution >= 0.6 is 11.6 Å². The molecule has 0 aromatic heterocycles. The largest absolute Gasteiger partial charge is 0.456 e. The van der Waals surface area contributed by atoms with E-state index in [1.165, 1.54) is 6.07 Å². The predicted octanol–water partition coefficient (Wildman–Crippen LogP) is 3.06. The Kier molecular flexibility index (Phi) is 8.11. The van der Waals surface area contributed by atoms with Crippen molar-refractivity contribution in [2.75, 3.05) is 18.5 Å². The summed E-state index contributed by atoms with van der Waals surface area (Å²) in [4.78, 5) is 34.2. The van der Waals surface area contributed by atoms with Crippen molar-refractivity contribution in [3.63, 3.8) is 0 Å². The van der Waals surface area contributed by atoms with E-state index in [1.807, 2.05) is 18.2 Å². The highest BCUT2D eigenvalue weighted by molar-refractivity contribution is 6.31. The monoisotopic (exact) mass is 405 g/mol. The summed E-state index contributed by atoms with van der Waals surface area (Å²) < 4.78 is 10.7. The minimum absolute atomic E-state index is 0.0487. The number of hydrogen-bond donors (Lipinski definition) is 3. The smallest absolute Gasteiger partial charge is 0.312 e. The maximum absolute atomic E-state index is 12.1. The highest BCUT2D eigenvalue weighted by Crippen LogP contribution is 2.31. The fraction of sp³-hybridized carbons (Fsp3) is 0.211. The first-order valence-corrected chi connectivity index (χ1v) is 8.83. The van der Waals surface area contributed by atoms with Gasteiger partial charge >= 0.3 is 12.0 Å². The van der Waals surface area contributed by atoms with Crippen LogP contribution < -0.4 is 21.1 Å². The molecule has 0 heterocycles. The van der Waals surface area contributed by atoms with Crippen LogP contribution in [-0.2, 0) is 14.3 Å². The molecule has 9 heteroatoms. The summed E-state index contributed by atoms with van der Waals surface area (Å²) in [6.07, 6.45) is 0.403. The topological polar surface area (TPSA) is 120 Å². The van der Waals surface area contributed by atoms with Crippen LogP contribution in [0.15, 0.2) is 48.5 Å². The van der Waals surface area contributed by atoms with Crippen molar-refractivity contribution >= 4 is 35.2 Å². The van der Waals surface area contributed by atoms with E-state index < -0.39 is 24.5 Å². The Bertz CT molecular complexity index is 830. The van der Waals surface area contributed by atoms with Crippen molar-refractivity contribution in [3.8, 4) is 11.5 Å². The SMILES string of the molecule is NC(=O)NCCCC(=O)OCC(=O)Nc1cc(Cl)ccc1Oc1ccccc1. The van der Waals surface area contributed by atoms with Crippen molar-refractivity contribution in [3.05, 3.63) is 53.6 Å². The van der Waals surface area contributed by atoms with Crippen LogP contribution in [0.2, 0.25) is 5.02 Å². The highest BCUT2D eigenvalue weighted by Gasteiger charge is 2.12. The van der Waals surface area contributed by atoms with Gasteiger partial charge in [-0.25, -0.2) is 4.79 Å². The maximum atomic E-state index is 12.1. The molecule has 148 valence electrons. The summed E-state index contributed by atoms with van der Waals surface area (Å²) in [7, 11) is 0. The first-order chi connectivity index (χ1) is 13.4. The Labute approximate surface area is 166 Å². The minimum atomic E-state index is -0.664. The summed E-state index contributed by atoms with van der Waals surface area (Å²) in [6, 6.07) is 13.2. The lowest BCUT2D eigenvalue weighted by atomic mass is 10.2. The third kappa shape index (κ3) is 7.55. The standard InChI is InChI=1S/C19H20ClN3O5/c20-13-8-9-16(28-14-5-2-1-3-6-14)15(11-13)23-17(24)12-27-18(25)7-4-10-22-19(21)26/h1-3,5-6,8-9,11H,4,7,10,12H2,(H,23,24)(H3,21,22,26). The van der Waals surface area contributed by atoms with Gasteiger partial charge in [0.1, 0.15) is 5.75 Å². The molecule has 0 unspecified atom stereocenters. The summed E-state index contributed by atoms with van der Waals surface area (Å²) >= 11 is 5.99. The Morgan fingerprint density at radius 1 is 1.07 bits per heavy atom. The number of para-hydroxylation sites is 1. The number of amides is 3. The fourth-order valence-electron chi connectivity index (χ4n) is 2.15. The number of esters is 1. The van der Waals surface area contributed by atoms with Gasteiger partial charge in [0, 0.05) is 18.0 Å². The third-order valence-corrected chi connectivity index (χ3v) is 3.64. The average molecular weight is 406 g/mol. The molecule has 0 aliphatic rings. The number of carbonyl (C=O) groups excluding carboxylic acids is 3. The van der Waals surface area contributed by atoms with Gasteiger partial charge in [-0.05, 0) is 36.8 Å². The van der Waals surface area contributed by atoms with Crippen LogP contribution in [0.5, 0.6) is 11.5 Å². The van der Waals surface area contributed by atoms with Gasteiger partial charge in [-0.2, -0.15) is 0 Å². The fourth-order valence-corrected chi connectivity index (χ4v) is 2.33. The van der Waals surface area contributed by atoms with Crippen molar-refractivity contribution in [2.24, 2.45) is 5.73 Å². The molecule has 0 bridgehead atoms.